The Morgan fingerprint density at radius 2 is 2.06 bits per heavy atom. The van der Waals surface area contributed by atoms with E-state index in [2.05, 4.69) is 0 Å². The van der Waals surface area contributed by atoms with Crippen LogP contribution in [0.15, 0.2) is 24.3 Å². The number of carbonyl (C=O) groups excluding carboxylic acids is 1. The third-order valence-corrected chi connectivity index (χ3v) is 2.35. The first-order chi connectivity index (χ1) is 8.24. The van der Waals surface area contributed by atoms with Crippen LogP contribution in [0.4, 0.5) is 0 Å². The summed E-state index contributed by atoms with van der Waals surface area (Å²) < 4.78 is 14.8. The van der Waals surface area contributed by atoms with Crippen LogP contribution in [0.3, 0.4) is 0 Å². The highest BCUT2D eigenvalue weighted by Crippen LogP contribution is 2.15. The maximum Gasteiger partial charge on any atom is 0.332 e. The van der Waals surface area contributed by atoms with Crippen LogP contribution in [-0.2, 0) is 25.6 Å². The SMILES string of the molecule is COCCOC(=O)COCc1ccccc1Cl. The van der Waals surface area contributed by atoms with E-state index >= 15 is 0 Å². The zero-order chi connectivity index (χ0) is 12.5. The number of methoxy groups -OCH3 is 1. The molecule has 0 spiro atoms. The normalized spacial score (nSPS) is 10.2. The van der Waals surface area contributed by atoms with Crippen LogP contribution >= 0.6 is 11.6 Å². The molecule has 0 bridgehead atoms. The molecule has 0 aromatic heterocycles. The van der Waals surface area contributed by atoms with Crippen LogP contribution in [0.25, 0.3) is 0 Å². The van der Waals surface area contributed by atoms with Gasteiger partial charge in [0.25, 0.3) is 0 Å². The quantitative estimate of drug-likeness (QED) is 0.555. The standard InChI is InChI=1S/C12H15ClO4/c1-15-6-7-17-12(14)9-16-8-10-4-2-3-5-11(10)13/h2-5H,6-9H2,1H3. The van der Waals surface area contributed by atoms with Gasteiger partial charge in [-0.1, -0.05) is 29.8 Å². The Morgan fingerprint density at radius 3 is 2.76 bits per heavy atom. The summed E-state index contributed by atoms with van der Waals surface area (Å²) in [5, 5.41) is 0.625. The second-order valence-electron chi connectivity index (χ2n) is 3.30. The maximum absolute atomic E-state index is 11.2. The molecule has 0 aliphatic rings. The minimum absolute atomic E-state index is 0.0884. The van der Waals surface area contributed by atoms with E-state index in [1.807, 2.05) is 18.2 Å². The van der Waals surface area contributed by atoms with Crippen molar-refractivity contribution in [3.8, 4) is 0 Å². The van der Waals surface area contributed by atoms with Crippen molar-refractivity contribution in [2.45, 2.75) is 6.61 Å². The minimum Gasteiger partial charge on any atom is -0.462 e. The zero-order valence-corrected chi connectivity index (χ0v) is 10.4. The molecule has 17 heavy (non-hydrogen) atoms. The molecular formula is C12H15ClO4. The van der Waals surface area contributed by atoms with E-state index in [4.69, 9.17) is 25.8 Å². The number of ether oxygens (including phenoxy) is 3. The predicted molar refractivity (Wildman–Crippen MR) is 63.9 cm³/mol. The van der Waals surface area contributed by atoms with Crippen LogP contribution in [0, 0.1) is 0 Å². The van der Waals surface area contributed by atoms with Crippen molar-refractivity contribution in [1.82, 2.24) is 0 Å². The van der Waals surface area contributed by atoms with Crippen molar-refractivity contribution in [2.24, 2.45) is 0 Å². The highest BCUT2D eigenvalue weighted by Gasteiger charge is 2.04. The van der Waals surface area contributed by atoms with Crippen LogP contribution in [0.5, 0.6) is 0 Å². The summed E-state index contributed by atoms with van der Waals surface area (Å²) in [6.45, 7) is 0.828. The number of benzene rings is 1. The summed E-state index contributed by atoms with van der Waals surface area (Å²) in [7, 11) is 1.54. The molecule has 0 saturated heterocycles. The fourth-order valence-corrected chi connectivity index (χ4v) is 1.33. The van der Waals surface area contributed by atoms with Crippen LogP contribution in [-0.4, -0.2) is 32.9 Å². The lowest BCUT2D eigenvalue weighted by Gasteiger charge is -2.06. The molecule has 0 unspecified atom stereocenters. The Morgan fingerprint density at radius 1 is 1.29 bits per heavy atom. The monoisotopic (exact) mass is 258 g/mol. The molecule has 0 atom stereocenters. The average Bonchev–Trinajstić information content (AvgIpc) is 2.32. The summed E-state index contributed by atoms with van der Waals surface area (Å²) in [6.07, 6.45) is 0. The number of rotatable bonds is 7. The zero-order valence-electron chi connectivity index (χ0n) is 9.65. The summed E-state index contributed by atoms with van der Waals surface area (Å²) in [5.74, 6) is -0.408. The number of carbonyl (C=O) groups is 1. The Kier molecular flexibility index (Phi) is 6.62. The van der Waals surface area contributed by atoms with Crippen LogP contribution in [0.2, 0.25) is 5.02 Å². The van der Waals surface area contributed by atoms with E-state index in [0.29, 0.717) is 18.2 Å². The maximum atomic E-state index is 11.2. The first kappa shape index (κ1) is 14.0. The topological polar surface area (TPSA) is 44.8 Å². The lowest BCUT2D eigenvalue weighted by atomic mass is 10.2. The molecule has 5 heteroatoms. The smallest absolute Gasteiger partial charge is 0.332 e. The van der Waals surface area contributed by atoms with Crippen molar-refractivity contribution < 1.29 is 19.0 Å². The summed E-state index contributed by atoms with van der Waals surface area (Å²) in [4.78, 5) is 11.2. The first-order valence-electron chi connectivity index (χ1n) is 5.19. The van der Waals surface area contributed by atoms with Gasteiger partial charge in [-0.2, -0.15) is 0 Å². The Balaban J connectivity index is 2.19. The molecule has 0 saturated carbocycles. The van der Waals surface area contributed by atoms with E-state index in [1.54, 1.807) is 13.2 Å². The van der Waals surface area contributed by atoms with Gasteiger partial charge in [-0.15, -0.1) is 0 Å². The van der Waals surface area contributed by atoms with Gasteiger partial charge in [0.05, 0.1) is 13.2 Å². The third kappa shape index (κ3) is 5.68. The molecule has 1 rings (SSSR count). The third-order valence-electron chi connectivity index (χ3n) is 1.99. The largest absolute Gasteiger partial charge is 0.462 e. The number of hydrogen-bond acceptors (Lipinski definition) is 4. The van der Waals surface area contributed by atoms with E-state index in [1.165, 1.54) is 0 Å². The molecule has 94 valence electrons. The van der Waals surface area contributed by atoms with Crippen molar-refractivity contribution >= 4 is 17.6 Å². The Hall–Kier alpha value is -1.10. The number of halogens is 1. The van der Waals surface area contributed by atoms with Gasteiger partial charge in [0.2, 0.25) is 0 Å². The molecular weight excluding hydrogens is 244 g/mol. The first-order valence-corrected chi connectivity index (χ1v) is 5.57. The highest BCUT2D eigenvalue weighted by molar-refractivity contribution is 6.31. The lowest BCUT2D eigenvalue weighted by Crippen LogP contribution is -2.15. The number of hydrogen-bond donors (Lipinski definition) is 0. The Bertz CT molecular complexity index is 354. The van der Waals surface area contributed by atoms with Gasteiger partial charge >= 0.3 is 5.97 Å². The van der Waals surface area contributed by atoms with Crippen molar-refractivity contribution in [2.75, 3.05) is 26.9 Å². The fourth-order valence-electron chi connectivity index (χ4n) is 1.14. The number of esters is 1. The van der Waals surface area contributed by atoms with Gasteiger partial charge in [-0.3, -0.25) is 0 Å². The van der Waals surface area contributed by atoms with Crippen molar-refractivity contribution in [3.05, 3.63) is 34.9 Å². The summed E-state index contributed by atoms with van der Waals surface area (Å²) >= 11 is 5.93. The van der Waals surface area contributed by atoms with Gasteiger partial charge in [0.15, 0.2) is 0 Å². The van der Waals surface area contributed by atoms with Crippen LogP contribution < -0.4 is 0 Å². The van der Waals surface area contributed by atoms with E-state index in [-0.39, 0.29) is 13.2 Å². The Labute approximate surface area is 105 Å². The molecule has 0 amide bonds. The van der Waals surface area contributed by atoms with E-state index < -0.39 is 5.97 Å². The highest BCUT2D eigenvalue weighted by atomic mass is 35.5. The van der Waals surface area contributed by atoms with Crippen LogP contribution in [0.1, 0.15) is 5.56 Å². The molecule has 4 nitrogen and oxygen atoms in total. The van der Waals surface area contributed by atoms with Crippen molar-refractivity contribution in [3.63, 3.8) is 0 Å². The van der Waals surface area contributed by atoms with Gasteiger partial charge in [-0.05, 0) is 11.6 Å². The lowest BCUT2D eigenvalue weighted by molar-refractivity contribution is -0.150. The second kappa shape index (κ2) is 8.06. The molecule has 0 aliphatic heterocycles. The van der Waals surface area contributed by atoms with Crippen molar-refractivity contribution in [1.29, 1.82) is 0 Å². The van der Waals surface area contributed by atoms with Gasteiger partial charge < -0.3 is 14.2 Å². The minimum atomic E-state index is -0.408. The van der Waals surface area contributed by atoms with Gasteiger partial charge in [-0.25, -0.2) is 4.79 Å². The molecule has 0 aliphatic carbocycles. The van der Waals surface area contributed by atoms with Gasteiger partial charge in [0.1, 0.15) is 13.2 Å². The summed E-state index contributed by atoms with van der Waals surface area (Å²) in [6, 6.07) is 7.32. The van der Waals surface area contributed by atoms with E-state index in [0.717, 1.165) is 5.56 Å². The van der Waals surface area contributed by atoms with Gasteiger partial charge in [0, 0.05) is 12.1 Å². The fraction of sp³-hybridized carbons (Fsp3) is 0.417. The van der Waals surface area contributed by atoms with E-state index in [9.17, 15) is 4.79 Å². The molecule has 0 radical (unpaired) electrons. The average molecular weight is 259 g/mol. The second-order valence-corrected chi connectivity index (χ2v) is 3.70. The summed E-state index contributed by atoms with van der Waals surface area (Å²) in [5.41, 5.74) is 0.846. The molecule has 0 fully saturated rings. The molecule has 1 aromatic rings. The predicted octanol–water partition coefficient (Wildman–Crippen LogP) is 2.05. The molecule has 1 aromatic carbocycles. The molecule has 0 heterocycles. The molecule has 0 N–H and O–H groups in total.